The van der Waals surface area contributed by atoms with E-state index in [9.17, 15) is 5.11 Å². The smallest absolute Gasteiger partial charge is 0.148 e. The van der Waals surface area contributed by atoms with Crippen LogP contribution in [-0.4, -0.2) is 34.3 Å². The first kappa shape index (κ1) is 15.0. The number of piperidine rings is 1. The van der Waals surface area contributed by atoms with Gasteiger partial charge in [0.05, 0.1) is 6.10 Å². The Kier molecular flexibility index (Phi) is 4.15. The van der Waals surface area contributed by atoms with Gasteiger partial charge in [-0.3, -0.25) is 0 Å². The van der Waals surface area contributed by atoms with Crippen molar-refractivity contribution < 1.29 is 5.11 Å². The summed E-state index contributed by atoms with van der Waals surface area (Å²) in [6, 6.07) is 0. The van der Waals surface area contributed by atoms with E-state index in [0.717, 1.165) is 36.6 Å². The number of hydrogen-bond acceptors (Lipinski definition) is 6. The second kappa shape index (κ2) is 5.54. The van der Waals surface area contributed by atoms with Gasteiger partial charge < -0.3 is 15.4 Å². The second-order valence-electron chi connectivity index (χ2n) is 6.48. The topological polar surface area (TPSA) is 87.3 Å². The standard InChI is InChI=1S/C14H25N5O/c1-9-11(18-15)16-13(14(2,3)4)17-12(9)19-7-5-6-10(20)8-19/h10,20H,5-8,15H2,1-4H3,(H,16,17,18). The Morgan fingerprint density at radius 3 is 2.60 bits per heavy atom. The molecule has 0 bridgehead atoms. The van der Waals surface area contributed by atoms with Crippen molar-refractivity contribution in [3.05, 3.63) is 11.4 Å². The molecule has 1 atom stereocenters. The van der Waals surface area contributed by atoms with Crippen LogP contribution < -0.4 is 16.2 Å². The predicted molar refractivity (Wildman–Crippen MR) is 80.7 cm³/mol. The highest BCUT2D eigenvalue weighted by Crippen LogP contribution is 2.29. The number of hydrazine groups is 1. The SMILES string of the molecule is Cc1c(NN)nc(C(C)(C)C)nc1N1CCCC(O)C1. The number of nitrogens with two attached hydrogens (primary N) is 1. The molecule has 6 heteroatoms. The number of aliphatic hydroxyl groups is 1. The lowest BCUT2D eigenvalue weighted by molar-refractivity contribution is 0.153. The molecular weight excluding hydrogens is 254 g/mol. The van der Waals surface area contributed by atoms with Crippen LogP contribution >= 0.6 is 0 Å². The summed E-state index contributed by atoms with van der Waals surface area (Å²) >= 11 is 0. The van der Waals surface area contributed by atoms with Gasteiger partial charge >= 0.3 is 0 Å². The van der Waals surface area contributed by atoms with Gasteiger partial charge in [0.1, 0.15) is 17.5 Å². The van der Waals surface area contributed by atoms with Crippen LogP contribution in [0, 0.1) is 6.92 Å². The average Bonchev–Trinajstić information content (AvgIpc) is 2.37. The first-order chi connectivity index (χ1) is 9.32. The van der Waals surface area contributed by atoms with Gasteiger partial charge in [0.15, 0.2) is 0 Å². The van der Waals surface area contributed by atoms with E-state index in [0.29, 0.717) is 12.4 Å². The zero-order chi connectivity index (χ0) is 14.9. The van der Waals surface area contributed by atoms with E-state index in [2.05, 4.69) is 36.1 Å². The van der Waals surface area contributed by atoms with Gasteiger partial charge in [0.25, 0.3) is 0 Å². The molecule has 0 radical (unpaired) electrons. The van der Waals surface area contributed by atoms with E-state index in [1.54, 1.807) is 0 Å². The first-order valence-corrected chi connectivity index (χ1v) is 7.11. The van der Waals surface area contributed by atoms with Crippen LogP contribution in [0.1, 0.15) is 45.0 Å². The van der Waals surface area contributed by atoms with Crippen LogP contribution in [0.25, 0.3) is 0 Å². The summed E-state index contributed by atoms with van der Waals surface area (Å²) in [7, 11) is 0. The number of anilines is 2. The number of β-amino-alcohol motifs (C(OH)–C–C–N with tert-alkyl or cyclic N) is 1. The first-order valence-electron chi connectivity index (χ1n) is 7.11. The minimum absolute atomic E-state index is 0.150. The fourth-order valence-electron chi connectivity index (χ4n) is 2.44. The summed E-state index contributed by atoms with van der Waals surface area (Å²) in [4.78, 5) is 11.3. The second-order valence-corrected chi connectivity index (χ2v) is 6.48. The Morgan fingerprint density at radius 1 is 1.35 bits per heavy atom. The zero-order valence-corrected chi connectivity index (χ0v) is 12.8. The van der Waals surface area contributed by atoms with Crippen LogP contribution in [0.2, 0.25) is 0 Å². The molecular formula is C14H25N5O. The minimum atomic E-state index is -0.287. The normalized spacial score (nSPS) is 20.1. The molecule has 1 unspecified atom stereocenters. The van der Waals surface area contributed by atoms with E-state index in [-0.39, 0.29) is 11.5 Å². The van der Waals surface area contributed by atoms with E-state index >= 15 is 0 Å². The van der Waals surface area contributed by atoms with Crippen molar-refractivity contribution in [2.45, 2.75) is 52.1 Å². The molecule has 2 rings (SSSR count). The summed E-state index contributed by atoms with van der Waals surface area (Å²) in [6.07, 6.45) is 1.54. The number of nitrogens with zero attached hydrogens (tertiary/aromatic N) is 3. The number of aromatic nitrogens is 2. The van der Waals surface area contributed by atoms with Crippen LogP contribution in [-0.2, 0) is 5.41 Å². The highest BCUT2D eigenvalue weighted by Gasteiger charge is 2.25. The molecule has 20 heavy (non-hydrogen) atoms. The van der Waals surface area contributed by atoms with Crippen molar-refractivity contribution in [2.75, 3.05) is 23.4 Å². The summed E-state index contributed by atoms with van der Waals surface area (Å²) in [5.41, 5.74) is 3.43. The van der Waals surface area contributed by atoms with Crippen molar-refractivity contribution in [2.24, 2.45) is 5.84 Å². The predicted octanol–water partition coefficient (Wildman–Crippen LogP) is 1.33. The number of hydrogen-bond donors (Lipinski definition) is 3. The maximum atomic E-state index is 9.86. The van der Waals surface area contributed by atoms with Crippen molar-refractivity contribution in [1.29, 1.82) is 0 Å². The van der Waals surface area contributed by atoms with Crippen LogP contribution in [0.3, 0.4) is 0 Å². The number of aliphatic hydroxyl groups excluding tert-OH is 1. The molecule has 1 aromatic rings. The average molecular weight is 279 g/mol. The van der Waals surface area contributed by atoms with Crippen LogP contribution in [0.15, 0.2) is 0 Å². The summed E-state index contributed by atoms with van der Waals surface area (Å²) in [5.74, 6) is 7.86. The van der Waals surface area contributed by atoms with Gasteiger partial charge in [0, 0.05) is 24.1 Å². The molecule has 0 saturated carbocycles. The summed E-state index contributed by atoms with van der Waals surface area (Å²) < 4.78 is 0. The maximum absolute atomic E-state index is 9.86. The van der Waals surface area contributed by atoms with Gasteiger partial charge in [-0.05, 0) is 19.8 Å². The van der Waals surface area contributed by atoms with Gasteiger partial charge in [0.2, 0.25) is 0 Å². The third-order valence-corrected chi connectivity index (χ3v) is 3.62. The molecule has 0 amide bonds. The number of nitrogens with one attached hydrogen (secondary N) is 1. The van der Waals surface area contributed by atoms with Crippen molar-refractivity contribution in [3.8, 4) is 0 Å². The van der Waals surface area contributed by atoms with E-state index < -0.39 is 0 Å². The highest BCUT2D eigenvalue weighted by atomic mass is 16.3. The molecule has 0 aliphatic carbocycles. The quantitative estimate of drug-likeness (QED) is 0.559. The van der Waals surface area contributed by atoms with Gasteiger partial charge in [-0.25, -0.2) is 15.8 Å². The molecule has 0 spiro atoms. The molecule has 1 aliphatic rings. The van der Waals surface area contributed by atoms with Gasteiger partial charge in [-0.2, -0.15) is 0 Å². The molecule has 1 aromatic heterocycles. The Bertz CT molecular complexity index is 483. The molecule has 1 saturated heterocycles. The Hall–Kier alpha value is -1.40. The molecule has 1 aliphatic heterocycles. The molecule has 112 valence electrons. The van der Waals surface area contributed by atoms with E-state index in [4.69, 9.17) is 10.8 Å². The van der Waals surface area contributed by atoms with Crippen molar-refractivity contribution in [3.63, 3.8) is 0 Å². The Morgan fingerprint density at radius 2 is 2.05 bits per heavy atom. The summed E-state index contributed by atoms with van der Waals surface area (Å²) in [6.45, 7) is 9.71. The fraction of sp³-hybridized carbons (Fsp3) is 0.714. The lowest BCUT2D eigenvalue weighted by Crippen LogP contribution is -2.39. The lowest BCUT2D eigenvalue weighted by Gasteiger charge is -2.33. The maximum Gasteiger partial charge on any atom is 0.148 e. The molecule has 1 fully saturated rings. The fourth-order valence-corrected chi connectivity index (χ4v) is 2.44. The minimum Gasteiger partial charge on any atom is -0.391 e. The van der Waals surface area contributed by atoms with Crippen LogP contribution in [0.4, 0.5) is 11.6 Å². The third kappa shape index (κ3) is 3.02. The molecule has 2 heterocycles. The zero-order valence-electron chi connectivity index (χ0n) is 12.8. The van der Waals surface area contributed by atoms with Gasteiger partial charge in [-0.15, -0.1) is 0 Å². The number of nitrogen functional groups attached to an aromatic ring is 1. The Balaban J connectivity index is 2.45. The third-order valence-electron chi connectivity index (χ3n) is 3.62. The van der Waals surface area contributed by atoms with Crippen molar-refractivity contribution >= 4 is 11.6 Å². The number of rotatable bonds is 2. The Labute approximate surface area is 120 Å². The van der Waals surface area contributed by atoms with E-state index in [1.165, 1.54) is 0 Å². The molecule has 4 N–H and O–H groups in total. The largest absolute Gasteiger partial charge is 0.391 e. The highest BCUT2D eigenvalue weighted by molar-refractivity contribution is 5.58. The van der Waals surface area contributed by atoms with Crippen molar-refractivity contribution in [1.82, 2.24) is 9.97 Å². The monoisotopic (exact) mass is 279 g/mol. The molecule has 0 aromatic carbocycles. The van der Waals surface area contributed by atoms with Gasteiger partial charge in [-0.1, -0.05) is 20.8 Å². The molecule has 6 nitrogen and oxygen atoms in total. The van der Waals surface area contributed by atoms with Crippen LogP contribution in [0.5, 0.6) is 0 Å². The van der Waals surface area contributed by atoms with E-state index in [1.807, 2.05) is 6.92 Å². The summed E-state index contributed by atoms with van der Waals surface area (Å²) in [5, 5.41) is 9.86. The lowest BCUT2D eigenvalue weighted by atomic mass is 9.95.